The Morgan fingerprint density at radius 3 is 2.61 bits per heavy atom. The zero-order chi connectivity index (χ0) is 13.1. The normalized spacial score (nSPS) is 20.5. The summed E-state index contributed by atoms with van der Waals surface area (Å²) >= 11 is 0. The van der Waals surface area contributed by atoms with E-state index in [0.29, 0.717) is 18.6 Å². The summed E-state index contributed by atoms with van der Waals surface area (Å²) in [5.74, 6) is 0.856. The van der Waals surface area contributed by atoms with Crippen LogP contribution in [0.5, 0.6) is 0 Å². The summed E-state index contributed by atoms with van der Waals surface area (Å²) in [5, 5.41) is 0. The van der Waals surface area contributed by atoms with Crippen molar-refractivity contribution in [3.05, 3.63) is 18.2 Å². The van der Waals surface area contributed by atoms with Gasteiger partial charge < -0.3 is 10.3 Å². The first-order chi connectivity index (χ1) is 8.63. The predicted molar refractivity (Wildman–Crippen MR) is 74.4 cm³/mol. The van der Waals surface area contributed by atoms with Crippen molar-refractivity contribution in [1.29, 1.82) is 0 Å². The molecule has 0 spiro atoms. The summed E-state index contributed by atoms with van der Waals surface area (Å²) in [4.78, 5) is 6.83. The second-order valence-electron chi connectivity index (χ2n) is 5.79. The Bertz CT molecular complexity index is 364. The van der Waals surface area contributed by atoms with Crippen LogP contribution in [-0.4, -0.2) is 34.1 Å². The number of rotatable bonds is 4. The Kier molecular flexibility index (Phi) is 4.40. The summed E-state index contributed by atoms with van der Waals surface area (Å²) in [6.45, 7) is 9.71. The molecule has 102 valence electrons. The van der Waals surface area contributed by atoms with E-state index in [1.54, 1.807) is 0 Å². The molecule has 0 aliphatic carbocycles. The zero-order valence-corrected chi connectivity index (χ0v) is 11.8. The van der Waals surface area contributed by atoms with Crippen LogP contribution in [0.15, 0.2) is 12.5 Å². The Labute approximate surface area is 110 Å². The molecule has 0 aromatic carbocycles. The van der Waals surface area contributed by atoms with Crippen LogP contribution in [0.2, 0.25) is 0 Å². The van der Waals surface area contributed by atoms with Gasteiger partial charge in [0.2, 0.25) is 0 Å². The van der Waals surface area contributed by atoms with Gasteiger partial charge in [0.15, 0.2) is 0 Å². The van der Waals surface area contributed by atoms with Gasteiger partial charge in [-0.25, -0.2) is 4.98 Å². The van der Waals surface area contributed by atoms with Crippen LogP contribution in [0.25, 0.3) is 0 Å². The maximum absolute atomic E-state index is 6.02. The van der Waals surface area contributed by atoms with Crippen molar-refractivity contribution in [2.45, 2.75) is 45.7 Å². The number of likely N-dealkylation sites (tertiary alicyclic amines) is 1. The van der Waals surface area contributed by atoms with Crippen molar-refractivity contribution in [2.75, 3.05) is 19.6 Å². The van der Waals surface area contributed by atoms with Gasteiger partial charge in [-0.2, -0.15) is 0 Å². The van der Waals surface area contributed by atoms with E-state index in [4.69, 9.17) is 5.73 Å². The van der Waals surface area contributed by atoms with E-state index in [0.717, 1.165) is 19.0 Å². The maximum atomic E-state index is 6.02. The lowest BCUT2D eigenvalue weighted by Crippen LogP contribution is -2.40. The lowest BCUT2D eigenvalue weighted by molar-refractivity contribution is 0.135. The molecule has 0 amide bonds. The standard InChI is InChI=1S/C14H26N4/c1-11(2)18-10-16-9-14(18)13(8-15)17-6-4-12(3)5-7-17/h9-13H,4-8,15H2,1-3H3. The fourth-order valence-corrected chi connectivity index (χ4v) is 2.80. The van der Waals surface area contributed by atoms with Gasteiger partial charge in [0.1, 0.15) is 0 Å². The van der Waals surface area contributed by atoms with Gasteiger partial charge in [0, 0.05) is 18.8 Å². The first-order valence-electron chi connectivity index (χ1n) is 7.09. The van der Waals surface area contributed by atoms with Gasteiger partial charge in [0.05, 0.1) is 18.1 Å². The molecule has 4 nitrogen and oxygen atoms in total. The van der Waals surface area contributed by atoms with Crippen LogP contribution < -0.4 is 5.73 Å². The molecule has 1 aliphatic heterocycles. The molecule has 2 rings (SSSR count). The first-order valence-corrected chi connectivity index (χ1v) is 7.09. The number of imidazole rings is 1. The summed E-state index contributed by atoms with van der Waals surface area (Å²) in [5.41, 5.74) is 7.28. The number of hydrogen-bond acceptors (Lipinski definition) is 3. The molecular formula is C14H26N4. The van der Waals surface area contributed by atoms with Crippen LogP contribution in [0.4, 0.5) is 0 Å². The quantitative estimate of drug-likeness (QED) is 0.891. The van der Waals surface area contributed by atoms with E-state index < -0.39 is 0 Å². The lowest BCUT2D eigenvalue weighted by atomic mass is 9.97. The largest absolute Gasteiger partial charge is 0.331 e. The molecule has 0 radical (unpaired) electrons. The van der Waals surface area contributed by atoms with Crippen molar-refractivity contribution < 1.29 is 0 Å². The maximum Gasteiger partial charge on any atom is 0.0951 e. The van der Waals surface area contributed by atoms with Gasteiger partial charge >= 0.3 is 0 Å². The van der Waals surface area contributed by atoms with Gasteiger partial charge in [-0.15, -0.1) is 0 Å². The van der Waals surface area contributed by atoms with Crippen molar-refractivity contribution in [1.82, 2.24) is 14.5 Å². The molecule has 1 aliphatic rings. The fourth-order valence-electron chi connectivity index (χ4n) is 2.80. The second kappa shape index (κ2) is 5.85. The Morgan fingerprint density at radius 1 is 1.39 bits per heavy atom. The van der Waals surface area contributed by atoms with E-state index in [9.17, 15) is 0 Å². The number of aromatic nitrogens is 2. The lowest BCUT2D eigenvalue weighted by Gasteiger charge is -2.36. The number of nitrogens with two attached hydrogens (primary N) is 1. The molecule has 1 unspecified atom stereocenters. The minimum Gasteiger partial charge on any atom is -0.331 e. The summed E-state index contributed by atoms with van der Waals surface area (Å²) in [6, 6.07) is 0.766. The highest BCUT2D eigenvalue weighted by Crippen LogP contribution is 2.27. The average molecular weight is 250 g/mol. The highest BCUT2D eigenvalue weighted by atomic mass is 15.2. The Hall–Kier alpha value is -0.870. The molecule has 1 fully saturated rings. The average Bonchev–Trinajstić information content (AvgIpc) is 2.82. The number of piperidine rings is 1. The minimum atomic E-state index is 0.322. The van der Waals surface area contributed by atoms with E-state index in [-0.39, 0.29) is 0 Å². The summed E-state index contributed by atoms with van der Waals surface area (Å²) < 4.78 is 2.25. The van der Waals surface area contributed by atoms with E-state index in [1.165, 1.54) is 18.5 Å². The summed E-state index contributed by atoms with van der Waals surface area (Å²) in [6.07, 6.45) is 6.48. The number of hydrogen-bond donors (Lipinski definition) is 1. The van der Waals surface area contributed by atoms with Gasteiger partial charge in [0.25, 0.3) is 0 Å². The molecule has 1 atom stereocenters. The second-order valence-corrected chi connectivity index (χ2v) is 5.79. The molecule has 1 aromatic rings. The Balaban J connectivity index is 2.15. The Morgan fingerprint density at radius 2 is 2.06 bits per heavy atom. The smallest absolute Gasteiger partial charge is 0.0951 e. The molecule has 2 N–H and O–H groups in total. The third-order valence-corrected chi connectivity index (χ3v) is 4.08. The molecule has 2 heterocycles. The van der Waals surface area contributed by atoms with Gasteiger partial charge in [-0.05, 0) is 45.7 Å². The molecule has 4 heteroatoms. The highest BCUT2D eigenvalue weighted by Gasteiger charge is 2.26. The van der Waals surface area contributed by atoms with Crippen molar-refractivity contribution in [3.63, 3.8) is 0 Å². The SMILES string of the molecule is CC1CCN(C(CN)c2cncn2C(C)C)CC1. The van der Waals surface area contributed by atoms with Crippen molar-refractivity contribution >= 4 is 0 Å². The van der Waals surface area contributed by atoms with Crippen LogP contribution in [0.3, 0.4) is 0 Å². The van der Waals surface area contributed by atoms with Crippen LogP contribution >= 0.6 is 0 Å². The summed E-state index contributed by atoms with van der Waals surface area (Å²) in [7, 11) is 0. The van der Waals surface area contributed by atoms with E-state index in [1.807, 2.05) is 12.5 Å². The molecule has 1 saturated heterocycles. The van der Waals surface area contributed by atoms with Crippen molar-refractivity contribution in [3.8, 4) is 0 Å². The monoisotopic (exact) mass is 250 g/mol. The molecule has 1 aromatic heterocycles. The fraction of sp³-hybridized carbons (Fsp3) is 0.786. The minimum absolute atomic E-state index is 0.322. The van der Waals surface area contributed by atoms with E-state index >= 15 is 0 Å². The highest BCUT2D eigenvalue weighted by molar-refractivity contribution is 5.08. The van der Waals surface area contributed by atoms with Crippen LogP contribution in [0.1, 0.15) is 51.4 Å². The molecule has 18 heavy (non-hydrogen) atoms. The van der Waals surface area contributed by atoms with Gasteiger partial charge in [-0.3, -0.25) is 4.90 Å². The zero-order valence-electron chi connectivity index (χ0n) is 11.8. The molecular weight excluding hydrogens is 224 g/mol. The predicted octanol–water partition coefficient (Wildman–Crippen LogP) is 2.20. The van der Waals surface area contributed by atoms with Gasteiger partial charge in [-0.1, -0.05) is 6.92 Å². The van der Waals surface area contributed by atoms with Crippen LogP contribution in [-0.2, 0) is 0 Å². The topological polar surface area (TPSA) is 47.1 Å². The molecule has 0 saturated carbocycles. The third-order valence-electron chi connectivity index (χ3n) is 4.08. The molecule has 0 bridgehead atoms. The van der Waals surface area contributed by atoms with Crippen molar-refractivity contribution in [2.24, 2.45) is 11.7 Å². The van der Waals surface area contributed by atoms with E-state index in [2.05, 4.69) is 35.2 Å². The number of nitrogens with zero attached hydrogens (tertiary/aromatic N) is 3. The third kappa shape index (κ3) is 2.75. The van der Waals surface area contributed by atoms with Crippen LogP contribution in [0, 0.1) is 5.92 Å². The first kappa shape index (κ1) is 13.6.